The fourth-order valence-corrected chi connectivity index (χ4v) is 2.61. The molecule has 0 saturated heterocycles. The molecule has 7 heteroatoms. The maximum Gasteiger partial charge on any atom is 0.241 e. The number of aromatic nitrogens is 1. The van der Waals surface area contributed by atoms with E-state index in [9.17, 15) is 9.59 Å². The van der Waals surface area contributed by atoms with E-state index in [1.807, 2.05) is 12.3 Å². The van der Waals surface area contributed by atoms with E-state index < -0.39 is 0 Å². The second-order valence-corrected chi connectivity index (χ2v) is 5.86. The molecule has 0 radical (unpaired) electrons. The standard InChI is InChI=1S/C13H20ClN3O2S/c1-4-5-17(8-13(19)16(2)3)12(18)6-11-15-10(7-14)9-20-11/h9H,4-8H2,1-3H3. The van der Waals surface area contributed by atoms with Crippen molar-refractivity contribution in [1.82, 2.24) is 14.8 Å². The normalized spacial score (nSPS) is 10.4. The number of likely N-dealkylation sites (N-methyl/N-ethyl adjacent to an activating group) is 1. The van der Waals surface area contributed by atoms with Crippen molar-refractivity contribution < 1.29 is 9.59 Å². The third-order valence-corrected chi connectivity index (χ3v) is 3.88. The molecular formula is C13H20ClN3O2S. The van der Waals surface area contributed by atoms with Crippen molar-refractivity contribution in [1.29, 1.82) is 0 Å². The number of thiazole rings is 1. The Bertz CT molecular complexity index is 462. The molecule has 112 valence electrons. The van der Waals surface area contributed by atoms with Crippen LogP contribution in [0, 0.1) is 0 Å². The summed E-state index contributed by atoms with van der Waals surface area (Å²) in [5.74, 6) is 0.201. The maximum atomic E-state index is 12.2. The predicted molar refractivity (Wildman–Crippen MR) is 80.9 cm³/mol. The quantitative estimate of drug-likeness (QED) is 0.720. The Balaban J connectivity index is 2.65. The van der Waals surface area contributed by atoms with Crippen LogP contribution in [0.3, 0.4) is 0 Å². The number of rotatable bonds is 7. The van der Waals surface area contributed by atoms with Crippen LogP contribution >= 0.6 is 22.9 Å². The Labute approximate surface area is 128 Å². The molecule has 0 N–H and O–H groups in total. The van der Waals surface area contributed by atoms with Crippen LogP contribution in [0.1, 0.15) is 24.0 Å². The molecule has 0 aliphatic carbocycles. The SMILES string of the molecule is CCCN(CC(=O)N(C)C)C(=O)Cc1nc(CCl)cs1. The second kappa shape index (κ2) is 8.21. The van der Waals surface area contributed by atoms with E-state index in [1.165, 1.54) is 16.2 Å². The van der Waals surface area contributed by atoms with Crippen molar-refractivity contribution in [3.63, 3.8) is 0 Å². The molecule has 0 unspecified atom stereocenters. The number of alkyl halides is 1. The maximum absolute atomic E-state index is 12.2. The van der Waals surface area contributed by atoms with Crippen LogP contribution in [0.15, 0.2) is 5.38 Å². The molecular weight excluding hydrogens is 298 g/mol. The van der Waals surface area contributed by atoms with E-state index in [0.717, 1.165) is 17.1 Å². The Morgan fingerprint density at radius 1 is 1.35 bits per heavy atom. The largest absolute Gasteiger partial charge is 0.347 e. The lowest BCUT2D eigenvalue weighted by atomic mass is 10.3. The summed E-state index contributed by atoms with van der Waals surface area (Å²) in [4.78, 5) is 31.3. The van der Waals surface area contributed by atoms with E-state index in [-0.39, 0.29) is 24.8 Å². The fourth-order valence-electron chi connectivity index (χ4n) is 1.60. The van der Waals surface area contributed by atoms with Gasteiger partial charge in [-0.15, -0.1) is 22.9 Å². The number of hydrogen-bond donors (Lipinski definition) is 0. The molecule has 1 aromatic heterocycles. The van der Waals surface area contributed by atoms with E-state index in [1.54, 1.807) is 19.0 Å². The van der Waals surface area contributed by atoms with Crippen molar-refractivity contribution in [3.8, 4) is 0 Å². The molecule has 0 aromatic carbocycles. The molecule has 0 saturated carbocycles. The molecule has 2 amide bonds. The van der Waals surface area contributed by atoms with Crippen LogP contribution < -0.4 is 0 Å². The summed E-state index contributed by atoms with van der Waals surface area (Å²) in [5.41, 5.74) is 0.783. The first-order chi connectivity index (χ1) is 9.47. The summed E-state index contributed by atoms with van der Waals surface area (Å²) >= 11 is 7.12. The second-order valence-electron chi connectivity index (χ2n) is 4.65. The highest BCUT2D eigenvalue weighted by Crippen LogP contribution is 2.13. The molecule has 1 rings (SSSR count). The molecule has 1 heterocycles. The van der Waals surface area contributed by atoms with E-state index >= 15 is 0 Å². The van der Waals surface area contributed by atoms with Crippen LogP contribution in [-0.4, -0.2) is 53.8 Å². The van der Waals surface area contributed by atoms with Crippen molar-refractivity contribution in [2.45, 2.75) is 25.6 Å². The van der Waals surface area contributed by atoms with Gasteiger partial charge in [0.25, 0.3) is 0 Å². The minimum atomic E-state index is -0.0765. The van der Waals surface area contributed by atoms with E-state index in [0.29, 0.717) is 12.4 Å². The summed E-state index contributed by atoms with van der Waals surface area (Å²) < 4.78 is 0. The summed E-state index contributed by atoms with van der Waals surface area (Å²) in [6, 6.07) is 0. The number of halogens is 1. The van der Waals surface area contributed by atoms with Gasteiger partial charge in [0.15, 0.2) is 0 Å². The zero-order chi connectivity index (χ0) is 15.1. The molecule has 5 nitrogen and oxygen atoms in total. The molecule has 0 atom stereocenters. The van der Waals surface area contributed by atoms with Gasteiger partial charge in [-0.05, 0) is 6.42 Å². The van der Waals surface area contributed by atoms with Gasteiger partial charge < -0.3 is 9.80 Å². The van der Waals surface area contributed by atoms with Gasteiger partial charge in [0.1, 0.15) is 5.01 Å². The number of carbonyl (C=O) groups is 2. The third kappa shape index (κ3) is 5.09. The fraction of sp³-hybridized carbons (Fsp3) is 0.615. The van der Waals surface area contributed by atoms with Crippen LogP contribution in [-0.2, 0) is 21.9 Å². The van der Waals surface area contributed by atoms with E-state index in [2.05, 4.69) is 4.98 Å². The summed E-state index contributed by atoms with van der Waals surface area (Å²) in [5, 5.41) is 2.59. The summed E-state index contributed by atoms with van der Waals surface area (Å²) in [6.07, 6.45) is 1.04. The first-order valence-corrected chi connectivity index (χ1v) is 7.86. The average molecular weight is 318 g/mol. The zero-order valence-electron chi connectivity index (χ0n) is 12.1. The van der Waals surface area contributed by atoms with Crippen molar-refractivity contribution in [3.05, 3.63) is 16.1 Å². The lowest BCUT2D eigenvalue weighted by molar-refractivity contribution is -0.138. The van der Waals surface area contributed by atoms with Crippen LogP contribution in [0.25, 0.3) is 0 Å². The lowest BCUT2D eigenvalue weighted by Gasteiger charge is -2.23. The van der Waals surface area contributed by atoms with Crippen molar-refractivity contribution in [2.75, 3.05) is 27.2 Å². The molecule has 1 aromatic rings. The average Bonchev–Trinajstić information content (AvgIpc) is 2.85. The van der Waals surface area contributed by atoms with Crippen LogP contribution in [0.2, 0.25) is 0 Å². The van der Waals surface area contributed by atoms with Gasteiger partial charge in [-0.2, -0.15) is 0 Å². The van der Waals surface area contributed by atoms with Gasteiger partial charge in [0.2, 0.25) is 11.8 Å². The van der Waals surface area contributed by atoms with Gasteiger partial charge in [-0.1, -0.05) is 6.92 Å². The molecule has 20 heavy (non-hydrogen) atoms. The zero-order valence-corrected chi connectivity index (χ0v) is 13.6. The van der Waals surface area contributed by atoms with Gasteiger partial charge in [0, 0.05) is 26.0 Å². The summed E-state index contributed by atoms with van der Waals surface area (Å²) in [6.45, 7) is 2.68. The number of hydrogen-bond acceptors (Lipinski definition) is 4. The minimum absolute atomic E-state index is 0.0717. The first kappa shape index (κ1) is 16.9. The van der Waals surface area contributed by atoms with Gasteiger partial charge in [0.05, 0.1) is 24.5 Å². The highest BCUT2D eigenvalue weighted by atomic mass is 35.5. The first-order valence-electron chi connectivity index (χ1n) is 6.45. The van der Waals surface area contributed by atoms with Gasteiger partial charge in [-0.3, -0.25) is 9.59 Å². The Morgan fingerprint density at radius 2 is 2.05 bits per heavy atom. The molecule has 0 spiro atoms. The number of carbonyl (C=O) groups excluding carboxylic acids is 2. The smallest absolute Gasteiger partial charge is 0.241 e. The Hall–Kier alpha value is -1.14. The number of amides is 2. The minimum Gasteiger partial charge on any atom is -0.347 e. The van der Waals surface area contributed by atoms with Gasteiger partial charge >= 0.3 is 0 Å². The third-order valence-electron chi connectivity index (χ3n) is 2.71. The molecule has 0 aliphatic heterocycles. The monoisotopic (exact) mass is 317 g/mol. The van der Waals surface area contributed by atoms with Crippen LogP contribution in [0.4, 0.5) is 0 Å². The molecule has 0 fully saturated rings. The molecule has 0 aliphatic rings. The molecule has 0 bridgehead atoms. The Morgan fingerprint density at radius 3 is 2.55 bits per heavy atom. The van der Waals surface area contributed by atoms with Crippen molar-refractivity contribution in [2.24, 2.45) is 0 Å². The van der Waals surface area contributed by atoms with E-state index in [4.69, 9.17) is 11.6 Å². The van der Waals surface area contributed by atoms with Crippen molar-refractivity contribution >= 4 is 34.8 Å². The number of nitrogens with zero attached hydrogens (tertiary/aromatic N) is 3. The van der Waals surface area contributed by atoms with Gasteiger partial charge in [-0.25, -0.2) is 4.98 Å². The highest BCUT2D eigenvalue weighted by molar-refractivity contribution is 7.09. The Kier molecular flexibility index (Phi) is 6.95. The van der Waals surface area contributed by atoms with Crippen LogP contribution in [0.5, 0.6) is 0 Å². The highest BCUT2D eigenvalue weighted by Gasteiger charge is 2.19. The topological polar surface area (TPSA) is 53.5 Å². The lowest BCUT2D eigenvalue weighted by Crippen LogP contribution is -2.41. The predicted octanol–water partition coefficient (Wildman–Crippen LogP) is 1.75. The summed E-state index contributed by atoms with van der Waals surface area (Å²) in [7, 11) is 3.37.